The first kappa shape index (κ1) is 15.6. The molecule has 0 heterocycles. The van der Waals surface area contributed by atoms with E-state index in [1.165, 1.54) is 0 Å². The summed E-state index contributed by atoms with van der Waals surface area (Å²) in [6.07, 6.45) is 3.76. The lowest BCUT2D eigenvalue weighted by molar-refractivity contribution is -0.134. The Balaban J connectivity index is 2.09. The molecule has 3 nitrogen and oxygen atoms in total. The number of nitrogens with zero attached hydrogens (tertiary/aromatic N) is 1. The average molecular weight is 315 g/mol. The van der Waals surface area contributed by atoms with E-state index >= 15 is 0 Å². The molecule has 20 heavy (non-hydrogen) atoms. The lowest BCUT2D eigenvalue weighted by atomic mass is 10.1. The van der Waals surface area contributed by atoms with Crippen molar-refractivity contribution < 1.29 is 4.79 Å². The minimum absolute atomic E-state index is 0.0421. The van der Waals surface area contributed by atoms with Crippen LogP contribution in [0.1, 0.15) is 38.2 Å². The van der Waals surface area contributed by atoms with E-state index in [9.17, 15) is 4.79 Å². The zero-order chi connectivity index (χ0) is 14.7. The van der Waals surface area contributed by atoms with Crippen molar-refractivity contribution in [3.63, 3.8) is 0 Å². The number of hydrogen-bond acceptors (Lipinski definition) is 2. The van der Waals surface area contributed by atoms with Gasteiger partial charge >= 0.3 is 0 Å². The van der Waals surface area contributed by atoms with Crippen molar-refractivity contribution in [2.45, 2.75) is 51.2 Å². The van der Waals surface area contributed by atoms with Crippen LogP contribution in [0, 0.1) is 0 Å². The molecule has 1 aliphatic carbocycles. The molecule has 1 unspecified atom stereocenters. The Morgan fingerprint density at radius 1 is 1.40 bits per heavy atom. The molecule has 2 N–H and O–H groups in total. The van der Waals surface area contributed by atoms with Crippen molar-refractivity contribution in [1.82, 2.24) is 4.90 Å². The second-order valence-corrected chi connectivity index (χ2v) is 6.16. The molecule has 1 amide bonds. The SMILES string of the molecule is CCCC(N)C(=O)N(Cc1ccc(Cl)c(Cl)c1)C1CC1. The Morgan fingerprint density at radius 2 is 2.10 bits per heavy atom. The van der Waals surface area contributed by atoms with E-state index in [0.717, 1.165) is 31.2 Å². The molecule has 0 radical (unpaired) electrons. The van der Waals surface area contributed by atoms with Crippen LogP contribution < -0.4 is 5.73 Å². The standard InChI is InChI=1S/C15H20Cl2N2O/c1-2-3-14(18)15(20)19(11-5-6-11)9-10-4-7-12(16)13(17)8-10/h4,7-8,11,14H,2-3,5-6,9,18H2,1H3. The summed E-state index contributed by atoms with van der Waals surface area (Å²) in [4.78, 5) is 14.3. The fourth-order valence-electron chi connectivity index (χ4n) is 2.26. The van der Waals surface area contributed by atoms with Crippen molar-refractivity contribution in [3.05, 3.63) is 33.8 Å². The van der Waals surface area contributed by atoms with Gasteiger partial charge in [0.05, 0.1) is 16.1 Å². The molecule has 110 valence electrons. The third-order valence-corrected chi connectivity index (χ3v) is 4.26. The highest BCUT2D eigenvalue weighted by Crippen LogP contribution is 2.30. The Morgan fingerprint density at radius 3 is 2.65 bits per heavy atom. The quantitative estimate of drug-likeness (QED) is 0.871. The van der Waals surface area contributed by atoms with Gasteiger partial charge in [-0.3, -0.25) is 4.79 Å². The number of rotatable bonds is 6. The molecule has 0 bridgehead atoms. The lowest BCUT2D eigenvalue weighted by Gasteiger charge is -2.26. The van der Waals surface area contributed by atoms with E-state index in [4.69, 9.17) is 28.9 Å². The molecule has 1 saturated carbocycles. The Hall–Kier alpha value is -0.770. The fourth-order valence-corrected chi connectivity index (χ4v) is 2.58. The summed E-state index contributed by atoms with van der Waals surface area (Å²) in [5, 5.41) is 1.05. The van der Waals surface area contributed by atoms with Crippen LogP contribution in [0.2, 0.25) is 10.0 Å². The van der Waals surface area contributed by atoms with E-state index < -0.39 is 6.04 Å². The van der Waals surface area contributed by atoms with Gasteiger partial charge in [0, 0.05) is 12.6 Å². The van der Waals surface area contributed by atoms with E-state index in [0.29, 0.717) is 22.6 Å². The Bertz CT molecular complexity index is 489. The molecule has 1 atom stereocenters. The summed E-state index contributed by atoms with van der Waals surface area (Å²) in [5.74, 6) is 0.0421. The zero-order valence-electron chi connectivity index (χ0n) is 11.6. The second kappa shape index (κ2) is 6.79. The molecule has 0 aliphatic heterocycles. The molecule has 0 saturated heterocycles. The van der Waals surface area contributed by atoms with Gasteiger partial charge in [-0.2, -0.15) is 0 Å². The van der Waals surface area contributed by atoms with E-state index in [2.05, 4.69) is 0 Å². The number of carbonyl (C=O) groups is 1. The topological polar surface area (TPSA) is 46.3 Å². The van der Waals surface area contributed by atoms with Crippen molar-refractivity contribution in [2.75, 3.05) is 0 Å². The molecule has 1 fully saturated rings. The van der Waals surface area contributed by atoms with Crippen LogP contribution in [0.4, 0.5) is 0 Å². The zero-order valence-corrected chi connectivity index (χ0v) is 13.1. The smallest absolute Gasteiger partial charge is 0.240 e. The van der Waals surface area contributed by atoms with Gasteiger partial charge in [0.15, 0.2) is 0 Å². The normalized spacial score (nSPS) is 16.0. The number of benzene rings is 1. The minimum atomic E-state index is -0.400. The maximum Gasteiger partial charge on any atom is 0.240 e. The van der Waals surface area contributed by atoms with Gasteiger partial charge in [0.25, 0.3) is 0 Å². The van der Waals surface area contributed by atoms with Crippen molar-refractivity contribution in [2.24, 2.45) is 5.73 Å². The largest absolute Gasteiger partial charge is 0.334 e. The summed E-state index contributed by atoms with van der Waals surface area (Å²) in [6, 6.07) is 5.42. The van der Waals surface area contributed by atoms with Crippen LogP contribution in [0.25, 0.3) is 0 Å². The fraction of sp³-hybridized carbons (Fsp3) is 0.533. The van der Waals surface area contributed by atoms with E-state index in [1.807, 2.05) is 24.0 Å². The van der Waals surface area contributed by atoms with Crippen molar-refractivity contribution in [3.8, 4) is 0 Å². The average Bonchev–Trinajstić information content (AvgIpc) is 3.24. The van der Waals surface area contributed by atoms with Crippen LogP contribution in [0.15, 0.2) is 18.2 Å². The lowest BCUT2D eigenvalue weighted by Crippen LogP contribution is -2.44. The number of amides is 1. The van der Waals surface area contributed by atoms with Crippen LogP contribution >= 0.6 is 23.2 Å². The first-order valence-corrected chi connectivity index (χ1v) is 7.78. The molecule has 5 heteroatoms. The van der Waals surface area contributed by atoms with Crippen LogP contribution in [0.5, 0.6) is 0 Å². The maximum absolute atomic E-state index is 12.4. The molecular formula is C15H20Cl2N2O. The number of hydrogen-bond donors (Lipinski definition) is 1. The van der Waals surface area contributed by atoms with Crippen LogP contribution in [-0.4, -0.2) is 22.9 Å². The maximum atomic E-state index is 12.4. The minimum Gasteiger partial charge on any atom is -0.334 e. The first-order chi connectivity index (χ1) is 9.52. The highest BCUT2D eigenvalue weighted by atomic mass is 35.5. The summed E-state index contributed by atoms with van der Waals surface area (Å²) < 4.78 is 0. The highest BCUT2D eigenvalue weighted by Gasteiger charge is 2.34. The third-order valence-electron chi connectivity index (χ3n) is 3.52. The van der Waals surface area contributed by atoms with Gasteiger partial charge < -0.3 is 10.6 Å². The van der Waals surface area contributed by atoms with Gasteiger partial charge in [0.2, 0.25) is 5.91 Å². The van der Waals surface area contributed by atoms with Crippen LogP contribution in [0.3, 0.4) is 0 Å². The van der Waals surface area contributed by atoms with Gasteiger partial charge in [-0.05, 0) is 37.0 Å². The van der Waals surface area contributed by atoms with Gasteiger partial charge in [-0.25, -0.2) is 0 Å². The Kier molecular flexibility index (Phi) is 5.30. The predicted octanol–water partition coefficient (Wildman–Crippen LogP) is 3.61. The van der Waals surface area contributed by atoms with Gasteiger partial charge in [-0.1, -0.05) is 42.6 Å². The predicted molar refractivity (Wildman–Crippen MR) is 82.9 cm³/mol. The molecule has 1 aromatic rings. The molecule has 1 aliphatic rings. The second-order valence-electron chi connectivity index (χ2n) is 5.34. The summed E-state index contributed by atoms with van der Waals surface area (Å²) >= 11 is 11.9. The van der Waals surface area contributed by atoms with Crippen LogP contribution in [-0.2, 0) is 11.3 Å². The van der Waals surface area contributed by atoms with Crippen molar-refractivity contribution in [1.29, 1.82) is 0 Å². The highest BCUT2D eigenvalue weighted by molar-refractivity contribution is 6.42. The third kappa shape index (κ3) is 3.87. The first-order valence-electron chi connectivity index (χ1n) is 7.03. The molecule has 2 rings (SSSR count). The number of nitrogens with two attached hydrogens (primary N) is 1. The molecule has 1 aromatic carbocycles. The molecular weight excluding hydrogens is 295 g/mol. The summed E-state index contributed by atoms with van der Waals surface area (Å²) in [6.45, 7) is 2.59. The number of carbonyl (C=O) groups excluding carboxylic acids is 1. The van der Waals surface area contributed by atoms with Gasteiger partial charge in [-0.15, -0.1) is 0 Å². The molecule has 0 spiro atoms. The Labute approximate surface area is 130 Å². The van der Waals surface area contributed by atoms with Gasteiger partial charge in [0.1, 0.15) is 0 Å². The van der Waals surface area contributed by atoms with E-state index in [1.54, 1.807) is 6.07 Å². The monoisotopic (exact) mass is 314 g/mol. The summed E-state index contributed by atoms with van der Waals surface area (Å²) in [5.41, 5.74) is 6.95. The molecule has 0 aromatic heterocycles. The van der Waals surface area contributed by atoms with E-state index in [-0.39, 0.29) is 5.91 Å². The summed E-state index contributed by atoms with van der Waals surface area (Å²) in [7, 11) is 0. The number of halogens is 2. The van der Waals surface area contributed by atoms with Crippen molar-refractivity contribution >= 4 is 29.1 Å².